The minimum atomic E-state index is -0.0906. The van der Waals surface area contributed by atoms with E-state index in [1.807, 2.05) is 68.4 Å². The number of hydrogen-bond acceptors (Lipinski definition) is 4. The van der Waals surface area contributed by atoms with Gasteiger partial charge in [0.25, 0.3) is 5.91 Å². The van der Waals surface area contributed by atoms with Crippen LogP contribution in [0, 0.1) is 13.8 Å². The molecule has 0 radical (unpaired) electrons. The van der Waals surface area contributed by atoms with Crippen LogP contribution in [-0.4, -0.2) is 22.6 Å². The quantitative estimate of drug-likeness (QED) is 0.539. The van der Waals surface area contributed by atoms with E-state index in [4.69, 9.17) is 4.74 Å². The van der Waals surface area contributed by atoms with E-state index in [2.05, 4.69) is 14.9 Å². The Kier molecular flexibility index (Phi) is 4.88. The second-order valence-electron chi connectivity index (χ2n) is 6.58. The monoisotopic (exact) mass is 391 g/mol. The number of aryl methyl sites for hydroxylation is 1. The summed E-state index contributed by atoms with van der Waals surface area (Å²) in [6.07, 6.45) is 0. The number of nitrogens with one attached hydrogen (secondary N) is 1. The fraction of sp³-hybridized carbons (Fsp3) is 0.182. The van der Waals surface area contributed by atoms with Crippen molar-refractivity contribution in [2.24, 2.45) is 0 Å². The van der Waals surface area contributed by atoms with E-state index in [0.29, 0.717) is 12.1 Å². The van der Waals surface area contributed by atoms with Crippen molar-refractivity contribution in [2.45, 2.75) is 20.4 Å². The molecule has 0 unspecified atom stereocenters. The molecule has 0 aliphatic heterocycles. The molecule has 0 bridgehead atoms. The molecule has 0 fully saturated rings. The molecule has 142 valence electrons. The van der Waals surface area contributed by atoms with Gasteiger partial charge in [-0.1, -0.05) is 12.1 Å². The summed E-state index contributed by atoms with van der Waals surface area (Å²) < 4.78 is 8.43. The van der Waals surface area contributed by atoms with Crippen LogP contribution in [0.4, 0.5) is 0 Å². The third-order valence-electron chi connectivity index (χ3n) is 4.74. The Balaban J connectivity index is 1.54. The number of carbonyl (C=O) groups excluding carboxylic acids is 1. The topological polar surface area (TPSA) is 56.1 Å². The van der Waals surface area contributed by atoms with Gasteiger partial charge in [0.15, 0.2) is 0 Å². The van der Waals surface area contributed by atoms with Crippen LogP contribution < -0.4 is 10.1 Å². The molecule has 0 saturated heterocycles. The molecule has 2 aromatic heterocycles. The Morgan fingerprint density at radius 1 is 1.14 bits per heavy atom. The van der Waals surface area contributed by atoms with Crippen LogP contribution >= 0.6 is 11.3 Å². The number of thiazole rings is 1. The Labute approximate surface area is 167 Å². The maximum atomic E-state index is 12.8. The van der Waals surface area contributed by atoms with Gasteiger partial charge in [0.05, 0.1) is 29.4 Å². The first-order valence-corrected chi connectivity index (χ1v) is 9.84. The molecule has 28 heavy (non-hydrogen) atoms. The lowest BCUT2D eigenvalue weighted by Gasteiger charge is -2.11. The highest BCUT2D eigenvalue weighted by Gasteiger charge is 2.17. The van der Waals surface area contributed by atoms with Crippen molar-refractivity contribution < 1.29 is 9.53 Å². The van der Waals surface area contributed by atoms with Gasteiger partial charge < -0.3 is 14.6 Å². The van der Waals surface area contributed by atoms with Gasteiger partial charge in [-0.3, -0.25) is 4.79 Å². The maximum Gasteiger partial charge on any atom is 0.253 e. The van der Waals surface area contributed by atoms with Crippen molar-refractivity contribution in [2.75, 3.05) is 7.11 Å². The highest BCUT2D eigenvalue weighted by molar-refractivity contribution is 7.18. The lowest BCUT2D eigenvalue weighted by Crippen LogP contribution is -2.23. The normalized spacial score (nSPS) is 11.0. The third-order valence-corrected chi connectivity index (χ3v) is 5.78. The fourth-order valence-electron chi connectivity index (χ4n) is 3.37. The number of amides is 1. The van der Waals surface area contributed by atoms with Crippen LogP contribution in [-0.2, 0) is 6.54 Å². The van der Waals surface area contributed by atoms with Crippen molar-refractivity contribution >= 4 is 27.5 Å². The van der Waals surface area contributed by atoms with E-state index in [1.54, 1.807) is 18.4 Å². The fourth-order valence-corrected chi connectivity index (χ4v) is 4.27. The van der Waals surface area contributed by atoms with Crippen molar-refractivity contribution in [1.82, 2.24) is 14.9 Å². The first-order valence-electron chi connectivity index (χ1n) is 9.03. The van der Waals surface area contributed by atoms with Crippen LogP contribution in [0.1, 0.15) is 26.8 Å². The minimum Gasteiger partial charge on any atom is -0.497 e. The Bertz CT molecular complexity index is 1110. The highest BCUT2D eigenvalue weighted by atomic mass is 32.1. The zero-order valence-electron chi connectivity index (χ0n) is 16.0. The number of ether oxygens (including phenoxy) is 1. The maximum absolute atomic E-state index is 12.8. The van der Waals surface area contributed by atoms with Gasteiger partial charge in [0.1, 0.15) is 10.8 Å². The number of carbonyl (C=O) groups is 1. The van der Waals surface area contributed by atoms with Crippen LogP contribution in [0.2, 0.25) is 0 Å². The number of nitrogens with zero attached hydrogens (tertiary/aromatic N) is 2. The average Bonchev–Trinajstić information content (AvgIpc) is 3.26. The number of rotatable bonds is 5. The Morgan fingerprint density at radius 3 is 2.61 bits per heavy atom. The van der Waals surface area contributed by atoms with Crippen molar-refractivity contribution in [3.63, 3.8) is 0 Å². The number of fused-ring (bicyclic) bond motifs is 1. The molecule has 0 aliphatic carbocycles. The van der Waals surface area contributed by atoms with Gasteiger partial charge in [-0.15, -0.1) is 11.3 Å². The smallest absolute Gasteiger partial charge is 0.253 e. The summed E-state index contributed by atoms with van der Waals surface area (Å²) in [5.41, 5.74) is 4.56. The molecule has 2 aromatic carbocycles. The van der Waals surface area contributed by atoms with Crippen LogP contribution in [0.15, 0.2) is 54.6 Å². The summed E-state index contributed by atoms with van der Waals surface area (Å²) in [7, 11) is 1.65. The largest absolute Gasteiger partial charge is 0.497 e. The SMILES string of the molecule is COc1ccc(-n2c(C)cc(C(=O)NCc3nc4ccccc4s3)c2C)cc1. The summed E-state index contributed by atoms with van der Waals surface area (Å²) in [4.78, 5) is 17.4. The number of hydrogen-bond donors (Lipinski definition) is 1. The van der Waals surface area contributed by atoms with E-state index < -0.39 is 0 Å². The second kappa shape index (κ2) is 7.48. The molecule has 1 N–H and O–H groups in total. The molecule has 4 rings (SSSR count). The summed E-state index contributed by atoms with van der Waals surface area (Å²) in [5, 5.41) is 3.90. The van der Waals surface area contributed by atoms with Crippen LogP contribution in [0.5, 0.6) is 5.75 Å². The molecular weight excluding hydrogens is 370 g/mol. The van der Waals surface area contributed by atoms with Crippen molar-refractivity contribution in [1.29, 1.82) is 0 Å². The van der Waals surface area contributed by atoms with Crippen LogP contribution in [0.3, 0.4) is 0 Å². The predicted octanol–water partition coefficient (Wildman–Crippen LogP) is 4.64. The highest BCUT2D eigenvalue weighted by Crippen LogP contribution is 2.24. The molecule has 5 nitrogen and oxygen atoms in total. The molecule has 6 heteroatoms. The van der Waals surface area contributed by atoms with Gasteiger partial charge in [-0.2, -0.15) is 0 Å². The predicted molar refractivity (Wildman–Crippen MR) is 113 cm³/mol. The second-order valence-corrected chi connectivity index (χ2v) is 7.69. The zero-order valence-corrected chi connectivity index (χ0v) is 16.8. The number of methoxy groups -OCH3 is 1. The zero-order chi connectivity index (χ0) is 19.7. The molecule has 0 saturated carbocycles. The van der Waals surface area contributed by atoms with E-state index in [9.17, 15) is 4.79 Å². The average molecular weight is 391 g/mol. The summed E-state index contributed by atoms with van der Waals surface area (Å²) >= 11 is 1.60. The molecule has 0 atom stereocenters. The summed E-state index contributed by atoms with van der Waals surface area (Å²) in [6, 6.07) is 17.7. The van der Waals surface area contributed by atoms with E-state index in [-0.39, 0.29) is 5.91 Å². The third kappa shape index (κ3) is 3.39. The molecule has 4 aromatic rings. The number of aromatic nitrogens is 2. The van der Waals surface area contributed by atoms with Crippen molar-refractivity contribution in [3.8, 4) is 11.4 Å². The molecular formula is C22H21N3O2S. The van der Waals surface area contributed by atoms with E-state index >= 15 is 0 Å². The molecule has 0 aliphatic rings. The van der Waals surface area contributed by atoms with Gasteiger partial charge in [-0.25, -0.2) is 4.98 Å². The van der Waals surface area contributed by atoms with Gasteiger partial charge in [0, 0.05) is 17.1 Å². The molecule has 2 heterocycles. The van der Waals surface area contributed by atoms with Gasteiger partial charge in [-0.05, 0) is 56.3 Å². The number of para-hydroxylation sites is 1. The van der Waals surface area contributed by atoms with E-state index in [0.717, 1.165) is 38.0 Å². The first kappa shape index (κ1) is 18.3. The lowest BCUT2D eigenvalue weighted by atomic mass is 10.2. The summed E-state index contributed by atoms with van der Waals surface area (Å²) in [6.45, 7) is 4.38. The van der Waals surface area contributed by atoms with E-state index in [1.165, 1.54) is 0 Å². The lowest BCUT2D eigenvalue weighted by molar-refractivity contribution is 0.0950. The minimum absolute atomic E-state index is 0.0906. The van der Waals surface area contributed by atoms with Crippen molar-refractivity contribution in [3.05, 3.63) is 76.6 Å². The van der Waals surface area contributed by atoms with Crippen LogP contribution in [0.25, 0.3) is 15.9 Å². The molecule has 0 spiro atoms. The number of benzene rings is 2. The standard InChI is InChI=1S/C22H21N3O2S/c1-14-12-18(15(2)25(14)16-8-10-17(27-3)11-9-16)22(26)23-13-21-24-19-6-4-5-7-20(19)28-21/h4-12H,13H2,1-3H3,(H,23,26). The Hall–Kier alpha value is -3.12. The van der Waals surface area contributed by atoms with Gasteiger partial charge in [0.2, 0.25) is 0 Å². The Morgan fingerprint density at radius 2 is 1.89 bits per heavy atom. The van der Waals surface area contributed by atoms with Gasteiger partial charge >= 0.3 is 0 Å². The first-order chi connectivity index (χ1) is 13.6. The summed E-state index contributed by atoms with van der Waals surface area (Å²) in [5.74, 6) is 0.715. The molecule has 1 amide bonds.